The van der Waals surface area contributed by atoms with Crippen molar-refractivity contribution in [3.05, 3.63) is 34.2 Å². The second-order valence-corrected chi connectivity index (χ2v) is 2.81. The highest BCUT2D eigenvalue weighted by atomic mass is 16.5. The van der Waals surface area contributed by atoms with Gasteiger partial charge in [-0.25, -0.2) is 9.95 Å². The first-order chi connectivity index (χ1) is 6.18. The maximum absolute atomic E-state index is 11.0. The van der Waals surface area contributed by atoms with Crippen molar-refractivity contribution < 1.29 is 9.32 Å². The molecule has 66 valence electrons. The van der Waals surface area contributed by atoms with Crippen LogP contribution in [0.2, 0.25) is 0 Å². The summed E-state index contributed by atoms with van der Waals surface area (Å²) in [5.74, 6) is -0.0380. The quantitative estimate of drug-likeness (QED) is 0.668. The molecule has 0 amide bonds. The number of rotatable bonds is 1. The Morgan fingerprint density at radius 3 is 2.92 bits per heavy atom. The molecule has 0 saturated carbocycles. The van der Waals surface area contributed by atoms with Crippen molar-refractivity contribution in [2.45, 2.75) is 6.92 Å². The molecule has 13 heavy (non-hydrogen) atoms. The first-order valence-electron chi connectivity index (χ1n) is 3.80. The maximum Gasteiger partial charge on any atom is 0.365 e. The Hall–Kier alpha value is -1.84. The van der Waals surface area contributed by atoms with Gasteiger partial charge in [0.1, 0.15) is 0 Å². The van der Waals surface area contributed by atoms with Gasteiger partial charge in [-0.3, -0.25) is 4.79 Å². The third kappa shape index (κ3) is 1.16. The number of carbonyl (C=O) groups is 1. The normalized spacial score (nSPS) is 10.5. The molecule has 0 unspecified atom stereocenters. The Labute approximate surface area is 73.1 Å². The van der Waals surface area contributed by atoms with E-state index in [9.17, 15) is 9.59 Å². The van der Waals surface area contributed by atoms with Crippen molar-refractivity contribution in [3.8, 4) is 0 Å². The van der Waals surface area contributed by atoms with Gasteiger partial charge in [0.05, 0.1) is 10.9 Å². The third-order valence-corrected chi connectivity index (χ3v) is 1.90. The van der Waals surface area contributed by atoms with Crippen LogP contribution in [0.4, 0.5) is 0 Å². The summed E-state index contributed by atoms with van der Waals surface area (Å²) in [6, 6.07) is 4.78. The average Bonchev–Trinajstić information content (AvgIpc) is 2.47. The third-order valence-electron chi connectivity index (χ3n) is 1.90. The van der Waals surface area contributed by atoms with Crippen LogP contribution in [0.25, 0.3) is 10.9 Å². The van der Waals surface area contributed by atoms with Gasteiger partial charge in [-0.15, -0.1) is 0 Å². The predicted octanol–water partition coefficient (Wildman–Crippen LogP) is 1.32. The largest absolute Gasteiger partial charge is 0.365 e. The van der Waals surface area contributed by atoms with Gasteiger partial charge in [0, 0.05) is 5.56 Å². The minimum absolute atomic E-state index is 0.0380. The highest BCUT2D eigenvalue weighted by Gasteiger charge is 2.05. The summed E-state index contributed by atoms with van der Waals surface area (Å²) in [6.45, 7) is 1.47. The summed E-state index contributed by atoms with van der Waals surface area (Å²) >= 11 is 0. The van der Waals surface area contributed by atoms with Crippen LogP contribution in [0.15, 0.2) is 27.5 Å². The van der Waals surface area contributed by atoms with Gasteiger partial charge >= 0.3 is 5.63 Å². The van der Waals surface area contributed by atoms with Gasteiger partial charge < -0.3 is 4.52 Å². The fraction of sp³-hybridized carbons (Fsp3) is 0.111. The molecule has 1 heterocycles. The van der Waals surface area contributed by atoms with E-state index in [1.807, 2.05) is 0 Å². The Bertz CT molecular complexity index is 521. The molecule has 0 saturated heterocycles. The Kier molecular flexibility index (Phi) is 1.55. The van der Waals surface area contributed by atoms with Crippen LogP contribution in [-0.4, -0.2) is 10.9 Å². The number of Topliss-reactive ketones (excluding diaryl/α,β-unsaturated/α-hetero) is 1. The Balaban J connectivity index is 2.77. The zero-order valence-electron chi connectivity index (χ0n) is 6.96. The second-order valence-electron chi connectivity index (χ2n) is 2.81. The molecule has 2 aromatic rings. The smallest absolute Gasteiger partial charge is 0.338 e. The van der Waals surface area contributed by atoms with E-state index in [0.717, 1.165) is 0 Å². The molecule has 0 aliphatic heterocycles. The van der Waals surface area contributed by atoms with E-state index in [1.54, 1.807) is 18.2 Å². The fourth-order valence-electron chi connectivity index (χ4n) is 1.18. The number of nitrogens with one attached hydrogen (secondary N) is 1. The van der Waals surface area contributed by atoms with Crippen molar-refractivity contribution in [3.63, 3.8) is 0 Å². The molecule has 0 spiro atoms. The standard InChI is InChI=1S/C9H7NO3/c1-5(11)6-2-3-7-8(4-6)10-13-9(7)12/h2-4,10H,1H3. The van der Waals surface area contributed by atoms with Crippen molar-refractivity contribution in [2.24, 2.45) is 0 Å². The molecule has 0 fully saturated rings. The molecule has 4 nitrogen and oxygen atoms in total. The number of hydrogen-bond donors (Lipinski definition) is 1. The number of ketones is 1. The number of carbonyl (C=O) groups excluding carboxylic acids is 1. The molecule has 4 heteroatoms. The SMILES string of the molecule is CC(=O)c1ccc2c(=O)o[nH]c2c1. The van der Waals surface area contributed by atoms with Crippen LogP contribution in [-0.2, 0) is 0 Å². The van der Waals surface area contributed by atoms with Crippen LogP contribution in [0.1, 0.15) is 17.3 Å². The lowest BCUT2D eigenvalue weighted by molar-refractivity contribution is 0.101. The van der Waals surface area contributed by atoms with Crippen LogP contribution in [0, 0.1) is 0 Å². The van der Waals surface area contributed by atoms with Crippen LogP contribution < -0.4 is 5.63 Å². The van der Waals surface area contributed by atoms with E-state index in [2.05, 4.69) is 9.68 Å². The van der Waals surface area contributed by atoms with Gasteiger partial charge in [0.25, 0.3) is 0 Å². The number of benzene rings is 1. The number of H-pyrrole nitrogens is 1. The molecule has 2 rings (SSSR count). The average molecular weight is 177 g/mol. The lowest BCUT2D eigenvalue weighted by Crippen LogP contribution is -1.93. The van der Waals surface area contributed by atoms with E-state index in [0.29, 0.717) is 16.5 Å². The number of fused-ring (bicyclic) bond motifs is 1. The minimum atomic E-state index is -0.412. The second kappa shape index (κ2) is 2.58. The summed E-state index contributed by atoms with van der Waals surface area (Å²) in [4.78, 5) is 22.0. The molecule has 1 aromatic carbocycles. The van der Waals surface area contributed by atoms with Gasteiger partial charge in [-0.1, -0.05) is 6.07 Å². The van der Waals surface area contributed by atoms with Crippen molar-refractivity contribution >= 4 is 16.7 Å². The number of hydrogen-bond acceptors (Lipinski definition) is 3. The molecule has 1 aromatic heterocycles. The van der Waals surface area contributed by atoms with Crippen LogP contribution in [0.5, 0.6) is 0 Å². The molecule has 0 aliphatic carbocycles. The predicted molar refractivity (Wildman–Crippen MR) is 46.8 cm³/mol. The lowest BCUT2D eigenvalue weighted by atomic mass is 10.1. The number of aromatic amines is 1. The maximum atomic E-state index is 11.0. The molecular formula is C9H7NO3. The number of aromatic nitrogens is 1. The Morgan fingerprint density at radius 1 is 1.46 bits per heavy atom. The van der Waals surface area contributed by atoms with Gasteiger partial charge in [-0.05, 0) is 19.1 Å². The summed E-state index contributed by atoms with van der Waals surface area (Å²) in [6.07, 6.45) is 0. The first-order valence-corrected chi connectivity index (χ1v) is 3.80. The van der Waals surface area contributed by atoms with Gasteiger partial charge in [-0.2, -0.15) is 0 Å². The van der Waals surface area contributed by atoms with Crippen molar-refractivity contribution in [2.75, 3.05) is 0 Å². The topological polar surface area (TPSA) is 63.1 Å². The summed E-state index contributed by atoms with van der Waals surface area (Å²) in [5.41, 5.74) is 0.701. The monoisotopic (exact) mass is 177 g/mol. The zero-order chi connectivity index (χ0) is 9.42. The van der Waals surface area contributed by atoms with Gasteiger partial charge in [0.2, 0.25) is 0 Å². The molecule has 0 bridgehead atoms. The van der Waals surface area contributed by atoms with Gasteiger partial charge in [0.15, 0.2) is 5.78 Å². The lowest BCUT2D eigenvalue weighted by Gasteiger charge is -1.92. The molecule has 1 N–H and O–H groups in total. The van der Waals surface area contributed by atoms with Crippen LogP contribution >= 0.6 is 0 Å². The highest BCUT2D eigenvalue weighted by molar-refractivity contribution is 5.97. The molecule has 0 aliphatic rings. The van der Waals surface area contributed by atoms with E-state index in [4.69, 9.17) is 0 Å². The summed E-state index contributed by atoms with van der Waals surface area (Å²) in [5, 5.41) is 2.91. The summed E-state index contributed by atoms with van der Waals surface area (Å²) in [7, 11) is 0. The first kappa shape index (κ1) is 7.79. The van der Waals surface area contributed by atoms with E-state index >= 15 is 0 Å². The Morgan fingerprint density at radius 2 is 2.23 bits per heavy atom. The molecule has 0 atom stereocenters. The van der Waals surface area contributed by atoms with E-state index < -0.39 is 5.63 Å². The van der Waals surface area contributed by atoms with Crippen molar-refractivity contribution in [1.29, 1.82) is 0 Å². The minimum Gasteiger partial charge on any atom is -0.338 e. The fourth-order valence-corrected chi connectivity index (χ4v) is 1.18. The van der Waals surface area contributed by atoms with E-state index in [-0.39, 0.29) is 5.78 Å². The summed E-state index contributed by atoms with van der Waals surface area (Å²) < 4.78 is 4.56. The molecular weight excluding hydrogens is 170 g/mol. The van der Waals surface area contributed by atoms with Crippen LogP contribution in [0.3, 0.4) is 0 Å². The highest BCUT2D eigenvalue weighted by Crippen LogP contribution is 2.10. The molecule has 0 radical (unpaired) electrons. The van der Waals surface area contributed by atoms with Crippen molar-refractivity contribution in [1.82, 2.24) is 5.16 Å². The zero-order valence-corrected chi connectivity index (χ0v) is 6.96. The van der Waals surface area contributed by atoms with E-state index in [1.165, 1.54) is 6.92 Å².